The first-order valence-electron chi connectivity index (χ1n) is 11.6. The van der Waals surface area contributed by atoms with Crippen LogP contribution >= 0.6 is 0 Å². The van der Waals surface area contributed by atoms with Crippen molar-refractivity contribution in [3.8, 4) is 11.3 Å². The lowest BCUT2D eigenvalue weighted by atomic mass is 10.1. The summed E-state index contributed by atoms with van der Waals surface area (Å²) in [4.78, 5) is 41.9. The van der Waals surface area contributed by atoms with Gasteiger partial charge in [0.1, 0.15) is 16.8 Å². The lowest BCUT2D eigenvalue weighted by Crippen LogP contribution is -2.44. The molecule has 2 rings (SSSR count). The molecule has 1 heterocycles. The summed E-state index contributed by atoms with van der Waals surface area (Å²) >= 11 is 0. The van der Waals surface area contributed by atoms with Crippen molar-refractivity contribution in [2.24, 2.45) is 0 Å². The number of carbonyl (C=O) groups is 3. The SMILES string of the molecule is CN(C)c1ccc(-c2cc(N(C(=O)OC(C)(C)C)C(=O)OC(C)(C)C)nn2C(=O)OC(C)(C)C)cc1. The lowest BCUT2D eigenvalue weighted by molar-refractivity contribution is 0.0420. The average Bonchev–Trinajstić information content (AvgIpc) is 3.09. The molecule has 10 nitrogen and oxygen atoms in total. The zero-order valence-corrected chi connectivity index (χ0v) is 23.1. The van der Waals surface area contributed by atoms with E-state index in [-0.39, 0.29) is 5.82 Å². The van der Waals surface area contributed by atoms with Gasteiger partial charge in [0.2, 0.25) is 0 Å². The van der Waals surface area contributed by atoms with E-state index in [0.717, 1.165) is 10.4 Å². The van der Waals surface area contributed by atoms with Gasteiger partial charge in [-0.3, -0.25) is 0 Å². The van der Waals surface area contributed by atoms with Gasteiger partial charge in [-0.25, -0.2) is 14.4 Å². The van der Waals surface area contributed by atoms with E-state index >= 15 is 0 Å². The molecule has 0 atom stereocenters. The molecule has 10 heteroatoms. The van der Waals surface area contributed by atoms with Crippen LogP contribution in [0.3, 0.4) is 0 Å². The number of hydrogen-bond acceptors (Lipinski definition) is 8. The van der Waals surface area contributed by atoms with E-state index in [1.807, 2.05) is 43.3 Å². The highest BCUT2D eigenvalue weighted by molar-refractivity contribution is 6.09. The smallest absolute Gasteiger partial charge is 0.435 e. The molecule has 0 aliphatic rings. The molecule has 1 aromatic carbocycles. The quantitative estimate of drug-likeness (QED) is 0.466. The maximum absolute atomic E-state index is 13.1. The van der Waals surface area contributed by atoms with Gasteiger partial charge in [0.05, 0.1) is 5.69 Å². The first kappa shape index (κ1) is 28.7. The summed E-state index contributed by atoms with van der Waals surface area (Å²) in [6.07, 6.45) is -2.74. The number of benzene rings is 1. The Morgan fingerprint density at radius 3 is 1.58 bits per heavy atom. The molecule has 0 unspecified atom stereocenters. The summed E-state index contributed by atoms with van der Waals surface area (Å²) in [5, 5.41) is 4.29. The Morgan fingerprint density at radius 2 is 1.19 bits per heavy atom. The molecule has 198 valence electrons. The lowest BCUT2D eigenvalue weighted by Gasteiger charge is -2.27. The van der Waals surface area contributed by atoms with Gasteiger partial charge in [-0.1, -0.05) is 12.1 Å². The molecular weight excluding hydrogens is 464 g/mol. The molecule has 0 N–H and O–H groups in total. The molecule has 0 fully saturated rings. The van der Waals surface area contributed by atoms with Crippen molar-refractivity contribution in [1.29, 1.82) is 0 Å². The number of nitrogens with zero attached hydrogens (tertiary/aromatic N) is 4. The third kappa shape index (κ3) is 8.00. The first-order chi connectivity index (χ1) is 16.3. The molecule has 0 saturated heterocycles. The Kier molecular flexibility index (Phi) is 8.13. The number of ether oxygens (including phenoxy) is 3. The number of rotatable bonds is 3. The molecular formula is C26H38N4O6. The maximum atomic E-state index is 13.1. The molecule has 0 bridgehead atoms. The van der Waals surface area contributed by atoms with Crippen molar-refractivity contribution in [2.45, 2.75) is 79.1 Å². The molecule has 2 amide bonds. The predicted molar refractivity (Wildman–Crippen MR) is 139 cm³/mol. The van der Waals surface area contributed by atoms with Crippen molar-refractivity contribution in [2.75, 3.05) is 23.9 Å². The van der Waals surface area contributed by atoms with Crippen molar-refractivity contribution in [3.05, 3.63) is 30.3 Å². The van der Waals surface area contributed by atoms with Crippen molar-refractivity contribution in [3.63, 3.8) is 0 Å². The van der Waals surface area contributed by atoms with Gasteiger partial charge in [0, 0.05) is 31.4 Å². The van der Waals surface area contributed by atoms with Gasteiger partial charge >= 0.3 is 18.3 Å². The highest BCUT2D eigenvalue weighted by Crippen LogP contribution is 2.29. The minimum Gasteiger partial charge on any atom is -0.443 e. The molecule has 0 spiro atoms. The monoisotopic (exact) mass is 502 g/mol. The average molecular weight is 503 g/mol. The third-order valence-electron chi connectivity index (χ3n) is 4.32. The standard InChI is InChI=1S/C26H38N4O6/c1-24(2,3)34-21(31)29(22(32)35-25(4,5)6)20-16-19(17-12-14-18(15-13-17)28(10)11)30(27-20)23(33)36-26(7,8)9/h12-16H,1-11H3. The largest absolute Gasteiger partial charge is 0.443 e. The summed E-state index contributed by atoms with van der Waals surface area (Å²) < 4.78 is 17.4. The van der Waals surface area contributed by atoms with Crippen molar-refractivity contribution >= 4 is 29.8 Å². The van der Waals surface area contributed by atoms with Gasteiger partial charge in [0.15, 0.2) is 5.82 Å². The van der Waals surface area contributed by atoms with Crippen molar-refractivity contribution < 1.29 is 28.6 Å². The number of amides is 2. The number of anilines is 2. The summed E-state index contributed by atoms with van der Waals surface area (Å²) in [6.45, 7) is 15.2. The van der Waals surface area contributed by atoms with E-state index < -0.39 is 35.1 Å². The number of carbonyl (C=O) groups excluding carboxylic acids is 3. The molecule has 0 radical (unpaired) electrons. The van der Waals surface area contributed by atoms with Crippen LogP contribution in [0.25, 0.3) is 11.3 Å². The molecule has 0 saturated carbocycles. The van der Waals surface area contributed by atoms with Crippen LogP contribution in [0.2, 0.25) is 0 Å². The molecule has 2 aromatic rings. The number of aromatic nitrogens is 2. The summed E-state index contributed by atoms with van der Waals surface area (Å²) in [5.41, 5.74) is -0.691. The van der Waals surface area contributed by atoms with Gasteiger partial charge in [0.25, 0.3) is 0 Å². The van der Waals surface area contributed by atoms with E-state index in [1.54, 1.807) is 62.3 Å². The van der Waals surface area contributed by atoms with E-state index in [2.05, 4.69) is 5.10 Å². The minimum atomic E-state index is -0.986. The molecule has 0 aliphatic heterocycles. The Bertz CT molecular complexity index is 1070. The fraction of sp³-hybridized carbons (Fsp3) is 0.538. The minimum absolute atomic E-state index is 0.143. The van der Waals surface area contributed by atoms with Crippen LogP contribution < -0.4 is 9.80 Å². The van der Waals surface area contributed by atoms with Crippen LogP contribution in [0, 0.1) is 0 Å². The first-order valence-corrected chi connectivity index (χ1v) is 11.6. The summed E-state index contributed by atoms with van der Waals surface area (Å²) in [6, 6.07) is 8.81. The Morgan fingerprint density at radius 1 is 0.750 bits per heavy atom. The fourth-order valence-corrected chi connectivity index (χ4v) is 2.93. The van der Waals surface area contributed by atoms with Crippen molar-refractivity contribution in [1.82, 2.24) is 9.78 Å². The highest BCUT2D eigenvalue weighted by Gasteiger charge is 2.36. The second-order valence-corrected chi connectivity index (χ2v) is 11.5. The van der Waals surface area contributed by atoms with E-state index in [4.69, 9.17) is 14.2 Å². The summed E-state index contributed by atoms with van der Waals surface area (Å²) in [7, 11) is 3.83. The van der Waals surface area contributed by atoms with Gasteiger partial charge < -0.3 is 19.1 Å². The fourth-order valence-electron chi connectivity index (χ4n) is 2.93. The van der Waals surface area contributed by atoms with E-state index in [1.165, 1.54) is 6.07 Å². The van der Waals surface area contributed by atoms with Crippen LogP contribution in [-0.4, -0.2) is 59.0 Å². The number of hydrogen-bond donors (Lipinski definition) is 0. The number of imide groups is 1. The van der Waals surface area contributed by atoms with E-state index in [9.17, 15) is 14.4 Å². The zero-order chi connectivity index (χ0) is 27.6. The molecule has 1 aromatic heterocycles. The molecule has 36 heavy (non-hydrogen) atoms. The third-order valence-corrected chi connectivity index (χ3v) is 4.32. The van der Waals surface area contributed by atoms with Crippen LogP contribution in [0.4, 0.5) is 25.9 Å². The second-order valence-electron chi connectivity index (χ2n) is 11.5. The van der Waals surface area contributed by atoms with Gasteiger partial charge in [-0.15, -0.1) is 5.10 Å². The normalized spacial score (nSPS) is 12.1. The van der Waals surface area contributed by atoms with Gasteiger partial charge in [-0.05, 0) is 74.4 Å². The summed E-state index contributed by atoms with van der Waals surface area (Å²) in [5.74, 6) is -0.143. The van der Waals surface area contributed by atoms with Crippen LogP contribution in [0.5, 0.6) is 0 Å². The Hall–Kier alpha value is -3.56. The zero-order valence-electron chi connectivity index (χ0n) is 23.1. The van der Waals surface area contributed by atoms with Crippen LogP contribution in [0.15, 0.2) is 30.3 Å². The predicted octanol–water partition coefficient (Wildman–Crippen LogP) is 6.08. The van der Waals surface area contributed by atoms with Crippen LogP contribution in [0.1, 0.15) is 62.3 Å². The Balaban J connectivity index is 2.68. The molecule has 0 aliphatic carbocycles. The maximum Gasteiger partial charge on any atom is 0.435 e. The topological polar surface area (TPSA) is 103 Å². The van der Waals surface area contributed by atoms with Gasteiger partial charge in [-0.2, -0.15) is 9.58 Å². The van der Waals surface area contributed by atoms with E-state index in [0.29, 0.717) is 16.2 Å². The Labute approximate surface area is 213 Å². The highest BCUT2D eigenvalue weighted by atomic mass is 16.6. The second kappa shape index (κ2) is 10.2. The van der Waals surface area contributed by atoms with Crippen LogP contribution in [-0.2, 0) is 14.2 Å².